The third-order valence-electron chi connectivity index (χ3n) is 3.53. The molecular weight excluding hydrogens is 220 g/mol. The molecule has 0 unspecified atom stereocenters. The molecule has 0 radical (unpaired) electrons. The van der Waals surface area contributed by atoms with Crippen molar-refractivity contribution in [1.29, 1.82) is 0 Å². The molecule has 0 amide bonds. The summed E-state index contributed by atoms with van der Waals surface area (Å²) in [5, 5.41) is 0. The molecule has 0 rings (SSSR count). The molecule has 0 heterocycles. The van der Waals surface area contributed by atoms with E-state index in [1.54, 1.807) is 0 Å². The summed E-state index contributed by atoms with van der Waals surface area (Å²) in [6.07, 6.45) is 17.8. The molecule has 0 aliphatic heterocycles. The lowest BCUT2D eigenvalue weighted by molar-refractivity contribution is 0.125. The van der Waals surface area contributed by atoms with Crippen molar-refractivity contribution in [3.63, 3.8) is 0 Å². The van der Waals surface area contributed by atoms with Gasteiger partial charge in [0.2, 0.25) is 0 Å². The quantitative estimate of drug-likeness (QED) is 0.321. The Morgan fingerprint density at radius 3 is 1.17 bits per heavy atom. The molecule has 0 aliphatic rings. The van der Waals surface area contributed by atoms with Gasteiger partial charge in [-0.1, -0.05) is 84.5 Å². The normalized spacial score (nSPS) is 11.0. The Morgan fingerprint density at radius 1 is 0.444 bits per heavy atom. The van der Waals surface area contributed by atoms with Gasteiger partial charge in [0.1, 0.15) is 0 Å². The van der Waals surface area contributed by atoms with Gasteiger partial charge in [0.25, 0.3) is 0 Å². The highest BCUT2D eigenvalue weighted by atomic mass is 16.5. The fourth-order valence-corrected chi connectivity index (χ4v) is 2.25. The zero-order valence-electron chi connectivity index (χ0n) is 13.0. The molecule has 1 nitrogen and oxygen atoms in total. The molecule has 0 aromatic heterocycles. The van der Waals surface area contributed by atoms with Crippen molar-refractivity contribution < 1.29 is 4.74 Å². The van der Waals surface area contributed by atoms with Crippen molar-refractivity contribution in [2.75, 3.05) is 13.2 Å². The van der Waals surface area contributed by atoms with E-state index in [-0.39, 0.29) is 0 Å². The topological polar surface area (TPSA) is 9.23 Å². The molecule has 0 fully saturated rings. The molecule has 18 heavy (non-hydrogen) atoms. The molecule has 0 aromatic carbocycles. The minimum absolute atomic E-state index is 0.986. The summed E-state index contributed by atoms with van der Waals surface area (Å²) in [5.41, 5.74) is 0. The first-order valence-corrected chi connectivity index (χ1v) is 8.49. The van der Waals surface area contributed by atoms with Crippen LogP contribution < -0.4 is 0 Å². The second-order valence-electron chi connectivity index (χ2n) is 5.50. The Labute approximate surface area is 116 Å². The van der Waals surface area contributed by atoms with Crippen LogP contribution in [0.25, 0.3) is 0 Å². The summed E-state index contributed by atoms with van der Waals surface area (Å²) in [4.78, 5) is 0. The second kappa shape index (κ2) is 17.0. The second-order valence-corrected chi connectivity index (χ2v) is 5.50. The molecule has 110 valence electrons. The average molecular weight is 256 g/mol. The molecule has 0 saturated heterocycles. The molecule has 0 aromatic rings. The Balaban J connectivity index is 2.86. The number of ether oxygens (including phenoxy) is 1. The predicted octanol–water partition coefficient (Wildman–Crippen LogP) is 6.11. The predicted molar refractivity (Wildman–Crippen MR) is 82.2 cm³/mol. The van der Waals surface area contributed by atoms with Gasteiger partial charge in [-0.05, 0) is 12.8 Å². The van der Waals surface area contributed by atoms with Crippen LogP contribution in [0.1, 0.15) is 97.3 Å². The van der Waals surface area contributed by atoms with Crippen LogP contribution in [-0.2, 0) is 4.74 Å². The third-order valence-corrected chi connectivity index (χ3v) is 3.53. The van der Waals surface area contributed by atoms with Gasteiger partial charge in [0.15, 0.2) is 0 Å². The highest BCUT2D eigenvalue weighted by Crippen LogP contribution is 2.08. The lowest BCUT2D eigenvalue weighted by Gasteiger charge is -2.04. The van der Waals surface area contributed by atoms with E-state index >= 15 is 0 Å². The van der Waals surface area contributed by atoms with Crippen LogP contribution in [-0.4, -0.2) is 13.2 Å². The van der Waals surface area contributed by atoms with E-state index in [0.717, 1.165) is 13.2 Å². The minimum atomic E-state index is 0.986. The molecule has 0 atom stereocenters. The molecule has 1 heteroatoms. The van der Waals surface area contributed by atoms with Gasteiger partial charge in [-0.15, -0.1) is 0 Å². The molecule has 0 N–H and O–H groups in total. The van der Waals surface area contributed by atoms with E-state index in [1.807, 2.05) is 0 Å². The summed E-state index contributed by atoms with van der Waals surface area (Å²) in [6.45, 7) is 6.52. The van der Waals surface area contributed by atoms with Gasteiger partial charge in [0.05, 0.1) is 0 Å². The number of rotatable bonds is 15. The zero-order chi connectivity index (χ0) is 13.3. The maximum atomic E-state index is 5.66. The van der Waals surface area contributed by atoms with Crippen molar-refractivity contribution in [2.45, 2.75) is 97.3 Å². The number of hydrogen-bond acceptors (Lipinski definition) is 1. The standard InChI is InChI=1S/C17H36O/c1-3-5-7-9-10-11-13-15-17-18-16-14-12-8-6-4-2/h3-17H2,1-2H3. The van der Waals surface area contributed by atoms with Crippen LogP contribution >= 0.6 is 0 Å². The molecule has 0 aliphatic carbocycles. The van der Waals surface area contributed by atoms with Crippen LogP contribution in [0.3, 0.4) is 0 Å². The first kappa shape index (κ1) is 18.0. The van der Waals surface area contributed by atoms with Crippen molar-refractivity contribution in [3.05, 3.63) is 0 Å². The largest absolute Gasteiger partial charge is 0.381 e. The summed E-state index contributed by atoms with van der Waals surface area (Å²) in [5.74, 6) is 0. The summed E-state index contributed by atoms with van der Waals surface area (Å²) < 4.78 is 5.66. The van der Waals surface area contributed by atoms with Crippen molar-refractivity contribution in [1.82, 2.24) is 0 Å². The highest BCUT2D eigenvalue weighted by molar-refractivity contribution is 4.46. The monoisotopic (exact) mass is 256 g/mol. The lowest BCUT2D eigenvalue weighted by Crippen LogP contribution is -1.97. The molecule has 0 spiro atoms. The van der Waals surface area contributed by atoms with Crippen LogP contribution in [0.2, 0.25) is 0 Å². The first-order chi connectivity index (χ1) is 8.91. The average Bonchev–Trinajstić information content (AvgIpc) is 2.39. The summed E-state index contributed by atoms with van der Waals surface area (Å²) in [6, 6.07) is 0. The number of hydrogen-bond donors (Lipinski definition) is 0. The van der Waals surface area contributed by atoms with Crippen molar-refractivity contribution >= 4 is 0 Å². The zero-order valence-corrected chi connectivity index (χ0v) is 13.0. The smallest absolute Gasteiger partial charge is 0.0466 e. The van der Waals surface area contributed by atoms with Crippen molar-refractivity contribution in [2.24, 2.45) is 0 Å². The summed E-state index contributed by atoms with van der Waals surface area (Å²) >= 11 is 0. The Kier molecular flexibility index (Phi) is 16.9. The minimum Gasteiger partial charge on any atom is -0.381 e. The Bertz CT molecular complexity index is 118. The Hall–Kier alpha value is -0.0400. The van der Waals surface area contributed by atoms with Gasteiger partial charge in [-0.2, -0.15) is 0 Å². The van der Waals surface area contributed by atoms with Gasteiger partial charge in [-0.25, -0.2) is 0 Å². The van der Waals surface area contributed by atoms with Crippen molar-refractivity contribution in [3.8, 4) is 0 Å². The maximum absolute atomic E-state index is 5.66. The van der Waals surface area contributed by atoms with Gasteiger partial charge in [-0.3, -0.25) is 0 Å². The van der Waals surface area contributed by atoms with Crippen LogP contribution in [0.5, 0.6) is 0 Å². The molecular formula is C17H36O. The van der Waals surface area contributed by atoms with Gasteiger partial charge in [0, 0.05) is 13.2 Å². The van der Waals surface area contributed by atoms with Gasteiger partial charge >= 0.3 is 0 Å². The molecule has 0 saturated carbocycles. The summed E-state index contributed by atoms with van der Waals surface area (Å²) in [7, 11) is 0. The lowest BCUT2D eigenvalue weighted by atomic mass is 10.1. The molecule has 0 bridgehead atoms. The fraction of sp³-hybridized carbons (Fsp3) is 1.00. The van der Waals surface area contributed by atoms with E-state index in [1.165, 1.54) is 83.5 Å². The van der Waals surface area contributed by atoms with E-state index in [9.17, 15) is 0 Å². The Morgan fingerprint density at radius 2 is 0.778 bits per heavy atom. The van der Waals surface area contributed by atoms with Gasteiger partial charge < -0.3 is 4.74 Å². The van der Waals surface area contributed by atoms with Crippen LogP contribution in [0.4, 0.5) is 0 Å². The highest BCUT2D eigenvalue weighted by Gasteiger charge is 1.93. The van der Waals surface area contributed by atoms with E-state index in [2.05, 4.69) is 13.8 Å². The fourth-order valence-electron chi connectivity index (χ4n) is 2.25. The third kappa shape index (κ3) is 16.0. The first-order valence-electron chi connectivity index (χ1n) is 8.49. The van der Waals surface area contributed by atoms with Crippen LogP contribution in [0, 0.1) is 0 Å². The van der Waals surface area contributed by atoms with E-state index < -0.39 is 0 Å². The van der Waals surface area contributed by atoms with E-state index in [4.69, 9.17) is 4.74 Å². The van der Waals surface area contributed by atoms with Crippen LogP contribution in [0.15, 0.2) is 0 Å². The number of unbranched alkanes of at least 4 members (excludes halogenated alkanes) is 11. The SMILES string of the molecule is CCCCCCCCCCOCCCCCCC. The maximum Gasteiger partial charge on any atom is 0.0466 e. The van der Waals surface area contributed by atoms with E-state index in [0.29, 0.717) is 0 Å².